The zero-order valence-corrected chi connectivity index (χ0v) is 9.70. The molecule has 2 atom stereocenters. The van der Waals surface area contributed by atoms with Crippen molar-refractivity contribution < 1.29 is 9.90 Å². The van der Waals surface area contributed by atoms with Gasteiger partial charge in [0.1, 0.15) is 0 Å². The Labute approximate surface area is 91.6 Å². The van der Waals surface area contributed by atoms with E-state index in [1.807, 2.05) is 4.90 Å². The molecule has 1 aliphatic rings. The SMILES string of the molecule is CCCN(CCC)C(=O)[C@@H]1CC(O)CN1. The minimum Gasteiger partial charge on any atom is -0.392 e. The summed E-state index contributed by atoms with van der Waals surface area (Å²) in [6, 6.07) is -0.168. The molecular weight excluding hydrogens is 192 g/mol. The highest BCUT2D eigenvalue weighted by Crippen LogP contribution is 2.10. The average molecular weight is 214 g/mol. The zero-order chi connectivity index (χ0) is 11.3. The lowest BCUT2D eigenvalue weighted by Crippen LogP contribution is -2.44. The molecule has 0 saturated carbocycles. The Bertz CT molecular complexity index is 203. The summed E-state index contributed by atoms with van der Waals surface area (Å²) in [7, 11) is 0. The van der Waals surface area contributed by atoms with Gasteiger partial charge in [0.15, 0.2) is 0 Å². The summed E-state index contributed by atoms with van der Waals surface area (Å²) in [5, 5.41) is 12.4. The van der Waals surface area contributed by atoms with Gasteiger partial charge in [-0.05, 0) is 19.3 Å². The van der Waals surface area contributed by atoms with Gasteiger partial charge in [-0.1, -0.05) is 13.8 Å². The Balaban J connectivity index is 2.47. The molecule has 0 aromatic heterocycles. The van der Waals surface area contributed by atoms with E-state index in [4.69, 9.17) is 0 Å². The summed E-state index contributed by atoms with van der Waals surface area (Å²) in [4.78, 5) is 13.9. The number of carbonyl (C=O) groups excluding carboxylic acids is 1. The molecule has 2 N–H and O–H groups in total. The molecule has 0 aromatic carbocycles. The maximum atomic E-state index is 12.0. The first-order chi connectivity index (χ1) is 7.19. The van der Waals surface area contributed by atoms with Crippen LogP contribution in [-0.4, -0.2) is 47.7 Å². The van der Waals surface area contributed by atoms with Gasteiger partial charge in [0.25, 0.3) is 0 Å². The summed E-state index contributed by atoms with van der Waals surface area (Å²) >= 11 is 0. The number of hydrogen-bond acceptors (Lipinski definition) is 3. The molecule has 1 heterocycles. The number of nitrogens with zero attached hydrogens (tertiary/aromatic N) is 1. The predicted molar refractivity (Wildman–Crippen MR) is 59.6 cm³/mol. The minimum absolute atomic E-state index is 0.148. The van der Waals surface area contributed by atoms with Crippen molar-refractivity contribution in [1.82, 2.24) is 10.2 Å². The van der Waals surface area contributed by atoms with Crippen LogP contribution in [0.25, 0.3) is 0 Å². The van der Waals surface area contributed by atoms with Crippen molar-refractivity contribution in [3.05, 3.63) is 0 Å². The van der Waals surface area contributed by atoms with Gasteiger partial charge in [-0.25, -0.2) is 0 Å². The molecule has 1 saturated heterocycles. The van der Waals surface area contributed by atoms with Gasteiger partial charge in [0, 0.05) is 19.6 Å². The number of amides is 1. The summed E-state index contributed by atoms with van der Waals surface area (Å²) in [5.41, 5.74) is 0. The second-order valence-corrected chi connectivity index (χ2v) is 4.18. The van der Waals surface area contributed by atoms with Crippen LogP contribution in [0.4, 0.5) is 0 Å². The average Bonchev–Trinajstić information content (AvgIpc) is 2.63. The number of aliphatic hydroxyl groups excluding tert-OH is 1. The van der Waals surface area contributed by atoms with Crippen molar-refractivity contribution in [2.24, 2.45) is 0 Å². The lowest BCUT2D eigenvalue weighted by molar-refractivity contribution is -0.133. The van der Waals surface area contributed by atoms with Gasteiger partial charge in [0.05, 0.1) is 12.1 Å². The number of aliphatic hydroxyl groups is 1. The topological polar surface area (TPSA) is 52.6 Å². The van der Waals surface area contributed by atoms with Crippen LogP contribution in [0.3, 0.4) is 0 Å². The Kier molecular flexibility index (Phi) is 5.05. The third kappa shape index (κ3) is 3.47. The molecule has 1 fully saturated rings. The van der Waals surface area contributed by atoms with Gasteiger partial charge < -0.3 is 15.3 Å². The van der Waals surface area contributed by atoms with Gasteiger partial charge in [-0.2, -0.15) is 0 Å². The van der Waals surface area contributed by atoms with Crippen LogP contribution in [0.2, 0.25) is 0 Å². The fourth-order valence-electron chi connectivity index (χ4n) is 2.00. The fraction of sp³-hybridized carbons (Fsp3) is 0.909. The normalized spacial score (nSPS) is 25.5. The molecule has 1 rings (SSSR count). The molecule has 0 aliphatic carbocycles. The number of β-amino-alcohol motifs (C(OH)–C–C–N with tert-alkyl or cyclic N) is 1. The van der Waals surface area contributed by atoms with Crippen LogP contribution < -0.4 is 5.32 Å². The van der Waals surface area contributed by atoms with Crippen molar-refractivity contribution in [3.8, 4) is 0 Å². The minimum atomic E-state index is -0.357. The molecule has 1 amide bonds. The second-order valence-electron chi connectivity index (χ2n) is 4.18. The van der Waals surface area contributed by atoms with Gasteiger partial charge in [-0.15, -0.1) is 0 Å². The van der Waals surface area contributed by atoms with Gasteiger partial charge >= 0.3 is 0 Å². The van der Waals surface area contributed by atoms with E-state index in [0.717, 1.165) is 25.9 Å². The number of rotatable bonds is 5. The molecule has 4 heteroatoms. The molecule has 1 unspecified atom stereocenters. The Morgan fingerprint density at radius 2 is 2.00 bits per heavy atom. The third-order valence-electron chi connectivity index (χ3n) is 2.70. The van der Waals surface area contributed by atoms with Crippen LogP contribution in [0.15, 0.2) is 0 Å². The van der Waals surface area contributed by atoms with Crippen molar-refractivity contribution >= 4 is 5.91 Å². The molecule has 15 heavy (non-hydrogen) atoms. The highest BCUT2D eigenvalue weighted by Gasteiger charge is 2.30. The van der Waals surface area contributed by atoms with E-state index in [-0.39, 0.29) is 18.1 Å². The highest BCUT2D eigenvalue weighted by atomic mass is 16.3. The summed E-state index contributed by atoms with van der Waals surface area (Å²) in [5.74, 6) is 0.148. The molecule has 0 radical (unpaired) electrons. The van der Waals surface area contributed by atoms with Crippen LogP contribution >= 0.6 is 0 Å². The lowest BCUT2D eigenvalue weighted by atomic mass is 10.1. The first kappa shape index (κ1) is 12.5. The maximum absolute atomic E-state index is 12.0. The highest BCUT2D eigenvalue weighted by molar-refractivity contribution is 5.82. The Morgan fingerprint density at radius 1 is 1.40 bits per heavy atom. The van der Waals surface area contributed by atoms with E-state index in [1.54, 1.807) is 0 Å². The van der Waals surface area contributed by atoms with Gasteiger partial charge in [-0.3, -0.25) is 4.79 Å². The first-order valence-corrected chi connectivity index (χ1v) is 5.89. The van der Waals surface area contributed by atoms with Crippen molar-refractivity contribution in [1.29, 1.82) is 0 Å². The molecule has 0 bridgehead atoms. The standard InChI is InChI=1S/C11H22N2O2/c1-3-5-13(6-4-2)11(15)10-7-9(14)8-12-10/h9-10,12,14H,3-8H2,1-2H3/t9?,10-/m0/s1. The molecule has 88 valence electrons. The van der Waals surface area contributed by atoms with E-state index in [9.17, 15) is 9.90 Å². The van der Waals surface area contributed by atoms with E-state index < -0.39 is 0 Å². The van der Waals surface area contributed by atoms with Crippen LogP contribution in [0, 0.1) is 0 Å². The number of carbonyl (C=O) groups is 1. The van der Waals surface area contributed by atoms with E-state index >= 15 is 0 Å². The van der Waals surface area contributed by atoms with E-state index in [1.165, 1.54) is 0 Å². The summed E-state index contributed by atoms with van der Waals surface area (Å²) < 4.78 is 0. The monoisotopic (exact) mass is 214 g/mol. The maximum Gasteiger partial charge on any atom is 0.239 e. The molecule has 0 spiro atoms. The van der Waals surface area contributed by atoms with E-state index in [0.29, 0.717) is 13.0 Å². The van der Waals surface area contributed by atoms with E-state index in [2.05, 4.69) is 19.2 Å². The third-order valence-corrected chi connectivity index (χ3v) is 2.70. The predicted octanol–water partition coefficient (Wildman–Crippen LogP) is 0.358. The molecular formula is C11H22N2O2. The van der Waals surface area contributed by atoms with Gasteiger partial charge in [0.2, 0.25) is 5.91 Å². The number of hydrogen-bond donors (Lipinski definition) is 2. The van der Waals surface area contributed by atoms with Crippen LogP contribution in [-0.2, 0) is 4.79 Å². The lowest BCUT2D eigenvalue weighted by Gasteiger charge is -2.24. The second kappa shape index (κ2) is 6.08. The van der Waals surface area contributed by atoms with Crippen molar-refractivity contribution in [2.75, 3.05) is 19.6 Å². The number of nitrogens with one attached hydrogen (secondary N) is 1. The molecule has 0 aromatic rings. The summed E-state index contributed by atoms with van der Waals surface area (Å²) in [6.07, 6.45) is 2.18. The fourth-order valence-corrected chi connectivity index (χ4v) is 2.00. The van der Waals surface area contributed by atoms with Crippen molar-refractivity contribution in [3.63, 3.8) is 0 Å². The molecule has 4 nitrogen and oxygen atoms in total. The smallest absolute Gasteiger partial charge is 0.239 e. The Morgan fingerprint density at radius 3 is 2.40 bits per heavy atom. The van der Waals surface area contributed by atoms with Crippen LogP contribution in [0.5, 0.6) is 0 Å². The first-order valence-electron chi connectivity index (χ1n) is 5.89. The Hall–Kier alpha value is -0.610. The molecule has 1 aliphatic heterocycles. The largest absolute Gasteiger partial charge is 0.392 e. The quantitative estimate of drug-likeness (QED) is 0.694. The zero-order valence-electron chi connectivity index (χ0n) is 9.70. The van der Waals surface area contributed by atoms with Crippen molar-refractivity contribution in [2.45, 2.75) is 45.3 Å². The van der Waals surface area contributed by atoms with Crippen LogP contribution in [0.1, 0.15) is 33.1 Å². The summed E-state index contributed by atoms with van der Waals surface area (Å²) in [6.45, 7) is 6.34.